The van der Waals surface area contributed by atoms with Crippen LogP contribution in [0.2, 0.25) is 12.1 Å². The van der Waals surface area contributed by atoms with Gasteiger partial charge in [-0.25, -0.2) is 17.6 Å². The Kier molecular flexibility index (Phi) is 4.32. The number of rotatable bonds is 4. The van der Waals surface area contributed by atoms with E-state index in [4.69, 9.17) is 4.43 Å². The van der Waals surface area contributed by atoms with Gasteiger partial charge in [-0.15, -0.1) is 0 Å². The average molecular weight is 266 g/mol. The Balaban J connectivity index is 3.50. The molecule has 0 radical (unpaired) electrons. The summed E-state index contributed by atoms with van der Waals surface area (Å²) in [5.74, 6) is -6.26. The van der Waals surface area contributed by atoms with Crippen molar-refractivity contribution >= 4 is 13.5 Å². The second kappa shape index (κ2) is 5.18. The van der Waals surface area contributed by atoms with Gasteiger partial charge in [0.2, 0.25) is 8.32 Å². The van der Waals surface area contributed by atoms with E-state index in [1.807, 2.05) is 0 Å². The standard InChI is InChI=1S/C11H14F4OSi/c1-4-17(5-2,16-3)8-6-7(12)9(13)11(15)10(8)14/h6H,4-5H2,1-3H3. The highest BCUT2D eigenvalue weighted by Crippen LogP contribution is 2.21. The quantitative estimate of drug-likeness (QED) is 0.352. The van der Waals surface area contributed by atoms with Gasteiger partial charge in [-0.1, -0.05) is 13.8 Å². The first kappa shape index (κ1) is 14.2. The van der Waals surface area contributed by atoms with E-state index in [1.165, 1.54) is 7.11 Å². The lowest BCUT2D eigenvalue weighted by atomic mass is 10.3. The molecule has 0 atom stereocenters. The van der Waals surface area contributed by atoms with Gasteiger partial charge in [0, 0.05) is 12.3 Å². The van der Waals surface area contributed by atoms with Gasteiger partial charge in [-0.2, -0.15) is 0 Å². The zero-order chi connectivity index (χ0) is 13.2. The normalized spacial score (nSPS) is 11.9. The monoisotopic (exact) mass is 266 g/mol. The molecule has 0 saturated carbocycles. The third-order valence-corrected chi connectivity index (χ3v) is 7.54. The lowest BCUT2D eigenvalue weighted by molar-refractivity contribution is 0.392. The van der Waals surface area contributed by atoms with Crippen molar-refractivity contribution in [3.05, 3.63) is 29.3 Å². The summed E-state index contributed by atoms with van der Waals surface area (Å²) in [6.07, 6.45) is 0. The van der Waals surface area contributed by atoms with E-state index in [0.29, 0.717) is 12.1 Å². The fraction of sp³-hybridized carbons (Fsp3) is 0.455. The van der Waals surface area contributed by atoms with E-state index < -0.39 is 31.6 Å². The van der Waals surface area contributed by atoms with E-state index in [9.17, 15) is 17.6 Å². The summed E-state index contributed by atoms with van der Waals surface area (Å²) in [4.78, 5) is 0. The van der Waals surface area contributed by atoms with Crippen molar-refractivity contribution in [1.82, 2.24) is 0 Å². The molecule has 1 aromatic rings. The summed E-state index contributed by atoms with van der Waals surface area (Å²) in [6, 6.07) is 1.64. The molecule has 0 aliphatic heterocycles. The molecular formula is C11H14F4OSi. The molecule has 0 amide bonds. The number of hydrogen-bond donors (Lipinski definition) is 0. The highest BCUT2D eigenvalue weighted by molar-refractivity contribution is 6.86. The van der Waals surface area contributed by atoms with Gasteiger partial charge in [0.15, 0.2) is 23.3 Å². The van der Waals surface area contributed by atoms with E-state index in [2.05, 4.69) is 0 Å². The van der Waals surface area contributed by atoms with Crippen molar-refractivity contribution in [2.24, 2.45) is 0 Å². The maximum Gasteiger partial charge on any atom is 0.226 e. The van der Waals surface area contributed by atoms with Crippen LogP contribution < -0.4 is 5.19 Å². The molecule has 1 rings (SSSR count). The lowest BCUT2D eigenvalue weighted by Gasteiger charge is -2.28. The molecule has 0 fully saturated rings. The molecule has 0 spiro atoms. The summed E-state index contributed by atoms with van der Waals surface area (Å²) < 4.78 is 58.1. The highest BCUT2D eigenvalue weighted by atomic mass is 28.4. The van der Waals surface area contributed by atoms with E-state index in [1.54, 1.807) is 13.8 Å². The van der Waals surface area contributed by atoms with Crippen molar-refractivity contribution < 1.29 is 22.0 Å². The first-order chi connectivity index (χ1) is 7.93. The molecule has 0 unspecified atom stereocenters. The summed E-state index contributed by atoms with van der Waals surface area (Å²) in [7, 11) is -1.36. The summed E-state index contributed by atoms with van der Waals surface area (Å²) in [5.41, 5.74) is 0. The van der Waals surface area contributed by atoms with Crippen LogP contribution in [0.3, 0.4) is 0 Å². The van der Waals surface area contributed by atoms with Crippen molar-refractivity contribution in [3.63, 3.8) is 0 Å². The minimum absolute atomic E-state index is 0.151. The Morgan fingerprint density at radius 1 is 1.00 bits per heavy atom. The predicted molar refractivity (Wildman–Crippen MR) is 59.6 cm³/mol. The van der Waals surface area contributed by atoms with Crippen molar-refractivity contribution in [2.75, 3.05) is 7.11 Å². The van der Waals surface area contributed by atoms with Crippen LogP contribution >= 0.6 is 0 Å². The SMILES string of the molecule is CC[Si](CC)(OC)c1cc(F)c(F)c(F)c1F. The minimum atomic E-state index is -2.75. The number of benzene rings is 1. The average Bonchev–Trinajstić information content (AvgIpc) is 2.35. The van der Waals surface area contributed by atoms with E-state index >= 15 is 0 Å². The number of hydrogen-bond acceptors (Lipinski definition) is 1. The van der Waals surface area contributed by atoms with Crippen LogP contribution in [-0.2, 0) is 4.43 Å². The molecule has 0 aromatic heterocycles. The number of halogens is 4. The van der Waals surface area contributed by atoms with Crippen LogP contribution in [-0.4, -0.2) is 15.4 Å². The molecule has 0 heterocycles. The Hall–Kier alpha value is -0.883. The van der Waals surface area contributed by atoms with Gasteiger partial charge in [-0.05, 0) is 18.2 Å². The fourth-order valence-electron chi connectivity index (χ4n) is 1.93. The zero-order valence-corrected chi connectivity index (χ0v) is 10.9. The molecule has 1 nitrogen and oxygen atoms in total. The van der Waals surface area contributed by atoms with Gasteiger partial charge < -0.3 is 4.43 Å². The van der Waals surface area contributed by atoms with E-state index in [0.717, 1.165) is 6.07 Å². The molecule has 17 heavy (non-hydrogen) atoms. The second-order valence-corrected chi connectivity index (χ2v) is 8.10. The van der Waals surface area contributed by atoms with Crippen molar-refractivity contribution in [3.8, 4) is 0 Å². The molecular weight excluding hydrogens is 252 g/mol. The Bertz CT molecular complexity index is 410. The zero-order valence-electron chi connectivity index (χ0n) is 9.91. The topological polar surface area (TPSA) is 9.23 Å². The molecule has 0 aliphatic carbocycles. The highest BCUT2D eigenvalue weighted by Gasteiger charge is 2.37. The maximum atomic E-state index is 13.7. The molecule has 0 bridgehead atoms. The van der Waals surface area contributed by atoms with Crippen LogP contribution in [0.25, 0.3) is 0 Å². The summed E-state index contributed by atoms with van der Waals surface area (Å²) in [6.45, 7) is 3.52. The summed E-state index contributed by atoms with van der Waals surface area (Å²) in [5, 5.41) is -0.151. The van der Waals surface area contributed by atoms with Gasteiger partial charge in [0.25, 0.3) is 0 Å². The van der Waals surface area contributed by atoms with Gasteiger partial charge in [0.05, 0.1) is 0 Å². The third-order valence-electron chi connectivity index (χ3n) is 3.13. The van der Waals surface area contributed by atoms with Crippen LogP contribution in [0, 0.1) is 23.3 Å². The Labute approximate surface area is 98.5 Å². The van der Waals surface area contributed by atoms with Crippen LogP contribution in [0.1, 0.15) is 13.8 Å². The molecule has 1 aromatic carbocycles. The molecule has 0 aliphatic rings. The largest absolute Gasteiger partial charge is 0.415 e. The predicted octanol–water partition coefficient (Wildman–Crippen LogP) is 3.08. The van der Waals surface area contributed by atoms with Crippen LogP contribution in [0.4, 0.5) is 17.6 Å². The van der Waals surface area contributed by atoms with Crippen molar-refractivity contribution in [2.45, 2.75) is 25.9 Å². The lowest BCUT2D eigenvalue weighted by Crippen LogP contribution is -2.51. The van der Waals surface area contributed by atoms with Crippen LogP contribution in [0.15, 0.2) is 6.07 Å². The smallest absolute Gasteiger partial charge is 0.226 e. The fourth-order valence-corrected chi connectivity index (χ4v) is 4.89. The van der Waals surface area contributed by atoms with Gasteiger partial charge in [-0.3, -0.25) is 0 Å². The van der Waals surface area contributed by atoms with Crippen molar-refractivity contribution in [1.29, 1.82) is 0 Å². The Morgan fingerprint density at radius 3 is 1.94 bits per heavy atom. The van der Waals surface area contributed by atoms with E-state index in [-0.39, 0.29) is 5.19 Å². The first-order valence-corrected chi connectivity index (χ1v) is 7.64. The minimum Gasteiger partial charge on any atom is -0.415 e. The van der Waals surface area contributed by atoms with Gasteiger partial charge in [0.1, 0.15) is 0 Å². The van der Waals surface area contributed by atoms with Crippen LogP contribution in [0.5, 0.6) is 0 Å². The molecule has 6 heteroatoms. The molecule has 0 N–H and O–H groups in total. The Morgan fingerprint density at radius 2 is 1.53 bits per heavy atom. The summed E-state index contributed by atoms with van der Waals surface area (Å²) >= 11 is 0. The second-order valence-electron chi connectivity index (χ2n) is 3.75. The molecule has 0 saturated heterocycles. The van der Waals surface area contributed by atoms with Gasteiger partial charge >= 0.3 is 0 Å². The third kappa shape index (κ3) is 2.23. The molecule has 96 valence electrons. The maximum absolute atomic E-state index is 13.7. The first-order valence-electron chi connectivity index (χ1n) is 5.32.